The first-order valence-electron chi connectivity index (χ1n) is 8.24. The lowest BCUT2D eigenvalue weighted by Gasteiger charge is -2.29. The highest BCUT2D eigenvalue weighted by atomic mass is 32.1. The molecule has 0 unspecified atom stereocenters. The SMILES string of the molecule is Cc1nc(C(=O)NC2CCC(Oc3ccc(C(F)(F)F)cn3)CC2)cs1. The van der Waals surface area contributed by atoms with Gasteiger partial charge in [0.15, 0.2) is 0 Å². The minimum absolute atomic E-state index is 0.0462. The summed E-state index contributed by atoms with van der Waals surface area (Å²) in [6, 6.07) is 2.25. The molecule has 0 bridgehead atoms. The van der Waals surface area contributed by atoms with E-state index in [0.717, 1.165) is 30.1 Å². The maximum absolute atomic E-state index is 12.5. The van der Waals surface area contributed by atoms with Crippen LogP contribution < -0.4 is 10.1 Å². The Hall–Kier alpha value is -2.16. The molecule has 0 aromatic carbocycles. The normalized spacial score (nSPS) is 20.6. The number of halogens is 3. The molecule has 0 atom stereocenters. The molecule has 26 heavy (non-hydrogen) atoms. The third kappa shape index (κ3) is 4.72. The number of pyridine rings is 1. The number of nitrogens with one attached hydrogen (secondary N) is 1. The second kappa shape index (κ2) is 7.61. The lowest BCUT2D eigenvalue weighted by Crippen LogP contribution is -2.39. The molecule has 5 nitrogen and oxygen atoms in total. The maximum Gasteiger partial charge on any atom is 0.417 e. The van der Waals surface area contributed by atoms with Crippen LogP contribution in [0, 0.1) is 6.92 Å². The van der Waals surface area contributed by atoms with Gasteiger partial charge in [-0.3, -0.25) is 4.79 Å². The van der Waals surface area contributed by atoms with Crippen molar-refractivity contribution in [3.05, 3.63) is 40.0 Å². The fourth-order valence-electron chi connectivity index (χ4n) is 2.84. The zero-order chi connectivity index (χ0) is 18.7. The van der Waals surface area contributed by atoms with E-state index in [4.69, 9.17) is 4.74 Å². The van der Waals surface area contributed by atoms with Crippen LogP contribution in [-0.2, 0) is 6.18 Å². The second-order valence-corrected chi connectivity index (χ2v) is 7.26. The van der Waals surface area contributed by atoms with Crippen molar-refractivity contribution in [2.75, 3.05) is 0 Å². The van der Waals surface area contributed by atoms with Crippen LogP contribution in [0.1, 0.15) is 46.7 Å². The molecule has 140 valence electrons. The zero-order valence-corrected chi connectivity index (χ0v) is 14.9. The maximum atomic E-state index is 12.5. The van der Waals surface area contributed by atoms with Crippen LogP contribution in [0.2, 0.25) is 0 Å². The first-order chi connectivity index (χ1) is 12.3. The predicted octanol–water partition coefficient (Wildman–Crippen LogP) is 3.99. The molecule has 1 aliphatic carbocycles. The van der Waals surface area contributed by atoms with E-state index in [-0.39, 0.29) is 23.9 Å². The molecule has 2 aromatic rings. The second-order valence-electron chi connectivity index (χ2n) is 6.20. The summed E-state index contributed by atoms with van der Waals surface area (Å²) in [6.45, 7) is 1.85. The number of aryl methyl sites for hydroxylation is 1. The average Bonchev–Trinajstić information content (AvgIpc) is 3.03. The van der Waals surface area contributed by atoms with E-state index in [0.29, 0.717) is 18.5 Å². The summed E-state index contributed by atoms with van der Waals surface area (Å²) in [4.78, 5) is 20.0. The van der Waals surface area contributed by atoms with Crippen molar-refractivity contribution in [3.8, 4) is 5.88 Å². The number of aromatic nitrogens is 2. The summed E-state index contributed by atoms with van der Waals surface area (Å²) >= 11 is 1.43. The standard InChI is InChI=1S/C17H18F3N3O2S/c1-10-22-14(9-26-10)16(24)23-12-3-5-13(6-4-12)25-15-7-2-11(8-21-15)17(18,19)20/h2,7-9,12-13H,3-6H2,1H3,(H,23,24). The van der Waals surface area contributed by atoms with Crippen molar-refractivity contribution in [2.24, 2.45) is 0 Å². The third-order valence-corrected chi connectivity index (χ3v) is 4.99. The summed E-state index contributed by atoms with van der Waals surface area (Å²) in [5, 5.41) is 5.54. The van der Waals surface area contributed by atoms with Gasteiger partial charge in [-0.1, -0.05) is 0 Å². The highest BCUT2D eigenvalue weighted by molar-refractivity contribution is 7.09. The lowest BCUT2D eigenvalue weighted by molar-refractivity contribution is -0.137. The van der Waals surface area contributed by atoms with Gasteiger partial charge in [0, 0.05) is 23.7 Å². The highest BCUT2D eigenvalue weighted by Gasteiger charge is 2.31. The number of rotatable bonds is 4. The van der Waals surface area contributed by atoms with Crippen molar-refractivity contribution in [1.29, 1.82) is 0 Å². The molecule has 2 aromatic heterocycles. The summed E-state index contributed by atoms with van der Waals surface area (Å²) in [7, 11) is 0. The van der Waals surface area contributed by atoms with Crippen LogP contribution in [0.15, 0.2) is 23.7 Å². The van der Waals surface area contributed by atoms with Crippen molar-refractivity contribution in [2.45, 2.75) is 50.9 Å². The molecule has 0 aliphatic heterocycles. The summed E-state index contributed by atoms with van der Waals surface area (Å²) in [6.07, 6.45) is -0.878. The highest BCUT2D eigenvalue weighted by Crippen LogP contribution is 2.30. The van der Waals surface area contributed by atoms with E-state index >= 15 is 0 Å². The smallest absolute Gasteiger partial charge is 0.417 e. The summed E-state index contributed by atoms with van der Waals surface area (Å²) < 4.78 is 43.3. The monoisotopic (exact) mass is 385 g/mol. The number of alkyl halides is 3. The van der Waals surface area contributed by atoms with Gasteiger partial charge >= 0.3 is 6.18 Å². The number of hydrogen-bond donors (Lipinski definition) is 1. The largest absolute Gasteiger partial charge is 0.474 e. The third-order valence-electron chi connectivity index (χ3n) is 4.21. The van der Waals surface area contributed by atoms with Gasteiger partial charge in [0.1, 0.15) is 11.8 Å². The number of nitrogens with zero attached hydrogens (tertiary/aromatic N) is 2. The predicted molar refractivity (Wildman–Crippen MR) is 90.2 cm³/mol. The van der Waals surface area contributed by atoms with Crippen LogP contribution in [0.4, 0.5) is 13.2 Å². The minimum Gasteiger partial charge on any atom is -0.474 e. The fraction of sp³-hybridized carbons (Fsp3) is 0.471. The van der Waals surface area contributed by atoms with Gasteiger partial charge in [-0.15, -0.1) is 11.3 Å². The molecule has 1 saturated carbocycles. The minimum atomic E-state index is -4.41. The first kappa shape index (κ1) is 18.6. The molecule has 1 amide bonds. The topological polar surface area (TPSA) is 64.1 Å². The molecule has 1 aliphatic rings. The van der Waals surface area contributed by atoms with Crippen LogP contribution in [0.25, 0.3) is 0 Å². The Kier molecular flexibility index (Phi) is 5.45. The number of carbonyl (C=O) groups excluding carboxylic acids is 1. The van der Waals surface area contributed by atoms with Gasteiger partial charge in [-0.25, -0.2) is 9.97 Å². The van der Waals surface area contributed by atoms with E-state index in [1.165, 1.54) is 17.4 Å². The van der Waals surface area contributed by atoms with Gasteiger partial charge < -0.3 is 10.1 Å². The van der Waals surface area contributed by atoms with Crippen molar-refractivity contribution in [1.82, 2.24) is 15.3 Å². The zero-order valence-electron chi connectivity index (χ0n) is 14.0. The van der Waals surface area contributed by atoms with Gasteiger partial charge in [0.25, 0.3) is 5.91 Å². The Morgan fingerprint density at radius 3 is 2.54 bits per heavy atom. The lowest BCUT2D eigenvalue weighted by atomic mass is 9.93. The average molecular weight is 385 g/mol. The van der Waals surface area contributed by atoms with Crippen LogP contribution in [0.3, 0.4) is 0 Å². The van der Waals surface area contributed by atoms with Crippen LogP contribution >= 0.6 is 11.3 Å². The van der Waals surface area contributed by atoms with Crippen LogP contribution in [-0.4, -0.2) is 28.0 Å². The molecule has 0 spiro atoms. The van der Waals surface area contributed by atoms with Gasteiger partial charge in [-0.05, 0) is 38.7 Å². The van der Waals surface area contributed by atoms with E-state index in [1.54, 1.807) is 5.38 Å². The fourth-order valence-corrected chi connectivity index (χ4v) is 3.43. The van der Waals surface area contributed by atoms with E-state index in [2.05, 4.69) is 15.3 Å². The molecule has 0 radical (unpaired) electrons. The number of ether oxygens (including phenoxy) is 1. The molecule has 0 saturated heterocycles. The van der Waals surface area contributed by atoms with E-state index in [1.807, 2.05) is 6.92 Å². The Bertz CT molecular complexity index is 753. The summed E-state index contributed by atoms with van der Waals surface area (Å²) in [5.41, 5.74) is -0.367. The number of hydrogen-bond acceptors (Lipinski definition) is 5. The summed E-state index contributed by atoms with van der Waals surface area (Å²) in [5.74, 6) is 0.00607. The van der Waals surface area contributed by atoms with Gasteiger partial charge in [0.2, 0.25) is 5.88 Å². The Labute approximate surface area is 152 Å². The number of thiazole rings is 1. The van der Waals surface area contributed by atoms with Gasteiger partial charge in [-0.2, -0.15) is 13.2 Å². The Morgan fingerprint density at radius 1 is 1.27 bits per heavy atom. The van der Waals surface area contributed by atoms with Gasteiger partial charge in [0.05, 0.1) is 10.6 Å². The van der Waals surface area contributed by atoms with Crippen molar-refractivity contribution in [3.63, 3.8) is 0 Å². The molecule has 1 N–H and O–H groups in total. The van der Waals surface area contributed by atoms with E-state index in [9.17, 15) is 18.0 Å². The van der Waals surface area contributed by atoms with E-state index < -0.39 is 11.7 Å². The molecule has 1 fully saturated rings. The quantitative estimate of drug-likeness (QED) is 0.865. The van der Waals surface area contributed by atoms with Crippen molar-refractivity contribution >= 4 is 17.2 Å². The molecule has 2 heterocycles. The molecule has 9 heteroatoms. The molecule has 3 rings (SSSR count). The first-order valence-corrected chi connectivity index (χ1v) is 9.12. The Balaban J connectivity index is 1.47. The number of amides is 1. The molecular weight excluding hydrogens is 367 g/mol. The van der Waals surface area contributed by atoms with Crippen molar-refractivity contribution < 1.29 is 22.7 Å². The molecular formula is C17H18F3N3O2S. The Morgan fingerprint density at radius 2 is 2.00 bits per heavy atom. The van der Waals surface area contributed by atoms with Crippen LogP contribution in [0.5, 0.6) is 5.88 Å². The number of carbonyl (C=O) groups is 1.